The molecule has 0 N–H and O–H groups in total. The average molecular weight is 298 g/mol. The van der Waals surface area contributed by atoms with Crippen molar-refractivity contribution < 1.29 is 9.53 Å². The van der Waals surface area contributed by atoms with Crippen LogP contribution >= 0.6 is 11.8 Å². The first-order valence-corrected chi connectivity index (χ1v) is 8.14. The van der Waals surface area contributed by atoms with Crippen LogP contribution in [0.2, 0.25) is 0 Å². The van der Waals surface area contributed by atoms with E-state index in [-0.39, 0.29) is 0 Å². The van der Waals surface area contributed by atoms with Crippen LogP contribution in [0, 0.1) is 0 Å². The van der Waals surface area contributed by atoms with Crippen molar-refractivity contribution in [1.82, 2.24) is 0 Å². The van der Waals surface area contributed by atoms with Gasteiger partial charge >= 0.3 is 0 Å². The number of aryl methyl sites for hydroxylation is 2. The minimum atomic E-state index is 0.295. The van der Waals surface area contributed by atoms with Gasteiger partial charge in [0.2, 0.25) is 0 Å². The largest absolute Gasteiger partial charge is 0.493 e. The zero-order valence-corrected chi connectivity index (χ0v) is 12.7. The van der Waals surface area contributed by atoms with Crippen molar-refractivity contribution in [2.75, 3.05) is 6.61 Å². The molecule has 2 aliphatic rings. The summed E-state index contributed by atoms with van der Waals surface area (Å²) >= 11 is 1.37. The van der Waals surface area contributed by atoms with Crippen LogP contribution in [0.4, 0.5) is 0 Å². The van der Waals surface area contributed by atoms with Crippen LogP contribution in [0.1, 0.15) is 24.0 Å². The second-order valence-electron chi connectivity index (χ2n) is 5.14. The van der Waals surface area contributed by atoms with Crippen LogP contribution < -0.4 is 4.74 Å². The topological polar surface area (TPSA) is 26.3 Å². The molecule has 0 spiro atoms. The van der Waals surface area contributed by atoms with Gasteiger partial charge in [0.25, 0.3) is 0 Å². The van der Waals surface area contributed by atoms with Gasteiger partial charge in [-0.25, -0.2) is 0 Å². The SMILES string of the molecule is O=C1CCc2ccccc2S1.c1ccc2c(c1)CCCO2. The van der Waals surface area contributed by atoms with Crippen LogP contribution in [0.15, 0.2) is 53.4 Å². The Morgan fingerprint density at radius 3 is 2.48 bits per heavy atom. The Labute approximate surface area is 129 Å². The van der Waals surface area contributed by atoms with Crippen LogP contribution in [0.25, 0.3) is 0 Å². The third kappa shape index (κ3) is 3.67. The summed E-state index contributed by atoms with van der Waals surface area (Å²) in [5.74, 6) is 1.08. The van der Waals surface area contributed by atoms with Gasteiger partial charge in [0.15, 0.2) is 5.12 Å². The minimum Gasteiger partial charge on any atom is -0.493 e. The van der Waals surface area contributed by atoms with Crippen molar-refractivity contribution >= 4 is 16.9 Å². The maximum Gasteiger partial charge on any atom is 0.194 e. The fraction of sp³-hybridized carbons (Fsp3) is 0.278. The smallest absolute Gasteiger partial charge is 0.194 e. The standard InChI is InChI=1S/C9H8OS.C9H10O/c10-9-6-5-7-3-1-2-4-8(7)11-9;1-2-6-9-8(4-1)5-3-7-10-9/h1-4H,5-6H2;1-2,4,6H,3,5,7H2. The van der Waals surface area contributed by atoms with Crippen molar-refractivity contribution in [2.24, 2.45) is 0 Å². The summed E-state index contributed by atoms with van der Waals surface area (Å²) in [5, 5.41) is 0.295. The molecule has 0 radical (unpaired) electrons. The molecule has 0 fully saturated rings. The zero-order valence-electron chi connectivity index (χ0n) is 11.9. The van der Waals surface area contributed by atoms with Gasteiger partial charge in [-0.1, -0.05) is 48.2 Å². The first-order chi connectivity index (χ1) is 10.3. The maximum atomic E-state index is 11.0. The first kappa shape index (κ1) is 14.2. The number of carbonyl (C=O) groups excluding carboxylic acids is 1. The van der Waals surface area contributed by atoms with E-state index in [9.17, 15) is 4.79 Å². The number of para-hydroxylation sites is 1. The molecule has 108 valence electrons. The van der Waals surface area contributed by atoms with Gasteiger partial charge in [-0.2, -0.15) is 0 Å². The third-order valence-corrected chi connectivity index (χ3v) is 4.67. The molecule has 0 atom stereocenters. The monoisotopic (exact) mass is 298 g/mol. The Balaban J connectivity index is 0.000000126. The molecule has 0 unspecified atom stereocenters. The van der Waals surface area contributed by atoms with E-state index in [1.807, 2.05) is 30.3 Å². The molecule has 2 nitrogen and oxygen atoms in total. The first-order valence-electron chi connectivity index (χ1n) is 7.32. The van der Waals surface area contributed by atoms with Crippen molar-refractivity contribution in [1.29, 1.82) is 0 Å². The number of fused-ring (bicyclic) bond motifs is 2. The molecule has 0 amide bonds. The molecular weight excluding hydrogens is 280 g/mol. The highest BCUT2D eigenvalue weighted by Gasteiger charge is 2.14. The van der Waals surface area contributed by atoms with Crippen molar-refractivity contribution in [3.63, 3.8) is 0 Å². The number of hydrogen-bond donors (Lipinski definition) is 0. The Hall–Kier alpha value is -1.74. The van der Waals surface area contributed by atoms with E-state index in [4.69, 9.17) is 4.74 Å². The fourth-order valence-electron chi connectivity index (χ4n) is 2.52. The van der Waals surface area contributed by atoms with Gasteiger partial charge in [-0.3, -0.25) is 4.79 Å². The highest BCUT2D eigenvalue weighted by atomic mass is 32.2. The molecule has 4 rings (SSSR count). The average Bonchev–Trinajstić information content (AvgIpc) is 2.55. The van der Waals surface area contributed by atoms with Gasteiger partial charge in [-0.05, 0) is 42.5 Å². The van der Waals surface area contributed by atoms with Crippen molar-refractivity contribution in [3.05, 3.63) is 59.7 Å². The van der Waals surface area contributed by atoms with E-state index in [0.29, 0.717) is 11.5 Å². The van der Waals surface area contributed by atoms with Gasteiger partial charge in [0, 0.05) is 11.3 Å². The number of rotatable bonds is 0. The molecule has 3 heteroatoms. The second-order valence-corrected chi connectivity index (χ2v) is 6.24. The second kappa shape index (κ2) is 6.81. The summed E-state index contributed by atoms with van der Waals surface area (Å²) in [6.45, 7) is 0.886. The van der Waals surface area contributed by atoms with Crippen molar-refractivity contribution in [3.8, 4) is 5.75 Å². The van der Waals surface area contributed by atoms with Crippen LogP contribution in [0.5, 0.6) is 5.75 Å². The lowest BCUT2D eigenvalue weighted by molar-refractivity contribution is -0.111. The Morgan fingerprint density at radius 2 is 1.62 bits per heavy atom. The molecule has 2 heterocycles. The number of benzene rings is 2. The van der Waals surface area contributed by atoms with Gasteiger partial charge in [0.1, 0.15) is 5.75 Å². The highest BCUT2D eigenvalue weighted by Crippen LogP contribution is 2.30. The third-order valence-electron chi connectivity index (χ3n) is 3.62. The van der Waals surface area contributed by atoms with E-state index in [1.54, 1.807) is 0 Å². The predicted molar refractivity (Wildman–Crippen MR) is 85.9 cm³/mol. The van der Waals surface area contributed by atoms with E-state index in [1.165, 1.54) is 29.3 Å². The molecular formula is C18H18O2S. The molecule has 0 saturated heterocycles. The Bertz CT molecular complexity index is 612. The summed E-state index contributed by atoms with van der Waals surface area (Å²) in [5.41, 5.74) is 2.67. The van der Waals surface area contributed by atoms with E-state index in [0.717, 1.165) is 30.1 Å². The fourth-order valence-corrected chi connectivity index (χ4v) is 3.41. The Kier molecular flexibility index (Phi) is 4.61. The zero-order chi connectivity index (χ0) is 14.5. The minimum absolute atomic E-state index is 0.295. The summed E-state index contributed by atoms with van der Waals surface area (Å²) in [6, 6.07) is 16.4. The van der Waals surface area contributed by atoms with Crippen molar-refractivity contribution in [2.45, 2.75) is 30.6 Å². The Morgan fingerprint density at radius 1 is 0.857 bits per heavy atom. The number of ether oxygens (including phenoxy) is 1. The summed E-state index contributed by atoms with van der Waals surface area (Å²) in [4.78, 5) is 12.1. The molecule has 21 heavy (non-hydrogen) atoms. The van der Waals surface area contributed by atoms with Gasteiger partial charge < -0.3 is 4.74 Å². The van der Waals surface area contributed by atoms with Gasteiger partial charge in [-0.15, -0.1) is 0 Å². The molecule has 2 aromatic carbocycles. The summed E-state index contributed by atoms with van der Waals surface area (Å²) < 4.78 is 5.42. The number of carbonyl (C=O) groups is 1. The van der Waals surface area contributed by atoms with Crippen LogP contribution in [0.3, 0.4) is 0 Å². The number of thioether (sulfide) groups is 1. The predicted octanol–water partition coefficient (Wildman–Crippen LogP) is 4.26. The molecule has 0 saturated carbocycles. The van der Waals surface area contributed by atoms with Crippen LogP contribution in [-0.2, 0) is 17.6 Å². The van der Waals surface area contributed by atoms with E-state index >= 15 is 0 Å². The van der Waals surface area contributed by atoms with E-state index in [2.05, 4.69) is 18.2 Å². The normalized spacial score (nSPS) is 15.9. The molecule has 0 bridgehead atoms. The molecule has 2 aliphatic heterocycles. The summed E-state index contributed by atoms with van der Waals surface area (Å²) in [6.07, 6.45) is 3.96. The van der Waals surface area contributed by atoms with E-state index < -0.39 is 0 Å². The number of hydrogen-bond acceptors (Lipinski definition) is 3. The molecule has 0 aliphatic carbocycles. The molecule has 0 aromatic heterocycles. The lowest BCUT2D eigenvalue weighted by atomic mass is 10.1. The highest BCUT2D eigenvalue weighted by molar-refractivity contribution is 8.13. The lowest BCUT2D eigenvalue weighted by Crippen LogP contribution is -2.07. The maximum absolute atomic E-state index is 11.0. The molecule has 2 aromatic rings. The quantitative estimate of drug-likeness (QED) is 0.727. The van der Waals surface area contributed by atoms with Crippen LogP contribution in [-0.4, -0.2) is 11.7 Å². The van der Waals surface area contributed by atoms with Gasteiger partial charge in [0.05, 0.1) is 6.61 Å². The lowest BCUT2D eigenvalue weighted by Gasteiger charge is -2.15. The summed E-state index contributed by atoms with van der Waals surface area (Å²) in [7, 11) is 0.